The van der Waals surface area contributed by atoms with Crippen LogP contribution < -0.4 is 5.73 Å². The number of aryl methyl sites for hydroxylation is 1. The molecule has 3 N–H and O–H groups in total. The summed E-state index contributed by atoms with van der Waals surface area (Å²) in [6, 6.07) is 5.32. The van der Waals surface area contributed by atoms with Crippen molar-refractivity contribution in [2.24, 2.45) is 0 Å². The van der Waals surface area contributed by atoms with E-state index in [0.717, 1.165) is 28.1 Å². The van der Waals surface area contributed by atoms with Gasteiger partial charge in [0.2, 0.25) is 0 Å². The third-order valence-corrected chi connectivity index (χ3v) is 4.99. The van der Waals surface area contributed by atoms with E-state index in [4.69, 9.17) is 27.9 Å². The number of nitrogens with zero attached hydrogens (tertiary/aromatic N) is 2. The number of hydrogen-bond acceptors (Lipinski definition) is 3. The molecule has 1 aromatic heterocycles. The Morgan fingerprint density at radius 1 is 1.32 bits per heavy atom. The van der Waals surface area contributed by atoms with Gasteiger partial charge in [0.25, 0.3) is 5.91 Å². The molecule has 1 aromatic carbocycles. The highest BCUT2D eigenvalue weighted by Gasteiger charge is 2.34. The summed E-state index contributed by atoms with van der Waals surface area (Å²) in [4.78, 5) is 19.4. The Kier molecular flexibility index (Phi) is 5.29. The van der Waals surface area contributed by atoms with Crippen LogP contribution in [0.3, 0.4) is 0 Å². The van der Waals surface area contributed by atoms with Gasteiger partial charge in [-0.25, -0.2) is 0 Å². The van der Waals surface area contributed by atoms with Crippen molar-refractivity contribution in [3.63, 3.8) is 0 Å². The Morgan fingerprint density at radius 3 is 2.72 bits per heavy atom. The average Bonchev–Trinajstić information content (AvgIpc) is 2.87. The number of halogens is 2. The summed E-state index contributed by atoms with van der Waals surface area (Å²) in [5.41, 5.74) is 8.82. The second kappa shape index (κ2) is 7.30. The van der Waals surface area contributed by atoms with Gasteiger partial charge < -0.3 is 15.4 Å². The van der Waals surface area contributed by atoms with Gasteiger partial charge in [0.15, 0.2) is 0 Å². The summed E-state index contributed by atoms with van der Waals surface area (Å²) in [5, 5.41) is 1.07. The van der Waals surface area contributed by atoms with Crippen molar-refractivity contribution in [3.8, 4) is 11.1 Å². The lowest BCUT2D eigenvalue weighted by Crippen LogP contribution is -2.48. The molecular weight excluding hydrogens is 361 g/mol. The zero-order valence-corrected chi connectivity index (χ0v) is 15.7. The van der Waals surface area contributed by atoms with Crippen LogP contribution in [0.25, 0.3) is 11.1 Å². The van der Waals surface area contributed by atoms with Gasteiger partial charge in [-0.05, 0) is 19.1 Å². The molecule has 1 aliphatic heterocycles. The molecule has 3 rings (SSSR count). The Labute approximate surface area is 156 Å². The molecule has 0 fully saturated rings. The fourth-order valence-electron chi connectivity index (χ4n) is 3.23. The van der Waals surface area contributed by atoms with Crippen LogP contribution >= 0.6 is 23.2 Å². The maximum absolute atomic E-state index is 13.0. The highest BCUT2D eigenvalue weighted by Crippen LogP contribution is 2.39. The molecule has 1 aliphatic rings. The van der Waals surface area contributed by atoms with Crippen molar-refractivity contribution >= 4 is 29.1 Å². The molecule has 5 nitrogen and oxygen atoms in total. The van der Waals surface area contributed by atoms with E-state index in [1.165, 1.54) is 0 Å². The van der Waals surface area contributed by atoms with Gasteiger partial charge in [-0.15, -0.1) is 0 Å². The lowest BCUT2D eigenvalue weighted by molar-refractivity contribution is -0.386. The molecule has 0 saturated heterocycles. The fraction of sp³-hybridized carbons (Fsp3) is 0.333. The van der Waals surface area contributed by atoms with Gasteiger partial charge >= 0.3 is 0 Å². The Morgan fingerprint density at radius 2 is 2.08 bits per heavy atom. The standard InChI is InChI=1S/C18H19Cl2N3O2/c1-10-13(8-21)16(12-4-3-11(19)7-14(12)20)17-15(22-10)9-23(18(17)24)5-6-25-2/h3-4,7H,5-6,8-9,21H2,1-2H3/p+1. The molecule has 0 unspecified atom stereocenters. The first-order chi connectivity index (χ1) is 12.0. The Bertz CT molecular complexity index is 840. The van der Waals surface area contributed by atoms with Crippen LogP contribution in [0.5, 0.6) is 0 Å². The summed E-state index contributed by atoms with van der Waals surface area (Å²) in [6.45, 7) is 3.95. The Balaban J connectivity index is 2.21. The van der Waals surface area contributed by atoms with Crippen LogP contribution in [0.2, 0.25) is 10.0 Å². The minimum atomic E-state index is -0.0460. The van der Waals surface area contributed by atoms with Crippen LogP contribution in [0.1, 0.15) is 27.3 Å². The minimum absolute atomic E-state index is 0.0460. The molecule has 25 heavy (non-hydrogen) atoms. The van der Waals surface area contributed by atoms with Gasteiger partial charge in [0.05, 0.1) is 24.4 Å². The second-order valence-electron chi connectivity index (χ2n) is 5.97. The van der Waals surface area contributed by atoms with Crippen molar-refractivity contribution in [1.82, 2.24) is 9.88 Å². The number of hydrogen-bond donors (Lipinski definition) is 1. The van der Waals surface area contributed by atoms with Crippen molar-refractivity contribution in [2.45, 2.75) is 20.0 Å². The van der Waals surface area contributed by atoms with Crippen molar-refractivity contribution in [1.29, 1.82) is 0 Å². The van der Waals surface area contributed by atoms with E-state index in [9.17, 15) is 4.79 Å². The summed E-state index contributed by atoms with van der Waals surface area (Å²) in [7, 11) is 1.62. The highest BCUT2D eigenvalue weighted by atomic mass is 35.5. The first-order valence-corrected chi connectivity index (χ1v) is 8.78. The monoisotopic (exact) mass is 380 g/mol. The summed E-state index contributed by atoms with van der Waals surface area (Å²) < 4.78 is 5.11. The van der Waals surface area contributed by atoms with Gasteiger partial charge in [0.1, 0.15) is 6.54 Å². The molecule has 0 aliphatic carbocycles. The van der Waals surface area contributed by atoms with Crippen LogP contribution in [0, 0.1) is 6.92 Å². The molecule has 2 aromatic rings. The summed E-state index contributed by atoms with van der Waals surface area (Å²) >= 11 is 12.5. The van der Waals surface area contributed by atoms with Crippen molar-refractivity contribution < 1.29 is 15.3 Å². The second-order valence-corrected chi connectivity index (χ2v) is 6.81. The number of benzene rings is 1. The number of ether oxygens (including phenoxy) is 1. The predicted octanol–water partition coefficient (Wildman–Crippen LogP) is 2.71. The quantitative estimate of drug-likeness (QED) is 0.866. The zero-order chi connectivity index (χ0) is 18.1. The van der Waals surface area contributed by atoms with Gasteiger partial charge in [-0.3, -0.25) is 9.78 Å². The van der Waals surface area contributed by atoms with E-state index in [1.54, 1.807) is 24.1 Å². The third kappa shape index (κ3) is 3.25. The lowest BCUT2D eigenvalue weighted by Gasteiger charge is -2.16. The average molecular weight is 381 g/mol. The summed E-state index contributed by atoms with van der Waals surface area (Å²) in [6.07, 6.45) is 0. The lowest BCUT2D eigenvalue weighted by atomic mass is 9.93. The highest BCUT2D eigenvalue weighted by molar-refractivity contribution is 6.36. The first-order valence-electron chi connectivity index (χ1n) is 8.03. The number of carbonyl (C=O) groups is 1. The third-order valence-electron chi connectivity index (χ3n) is 4.44. The smallest absolute Gasteiger partial charge is 0.256 e. The van der Waals surface area contributed by atoms with Crippen molar-refractivity contribution in [2.75, 3.05) is 20.3 Å². The molecule has 1 amide bonds. The van der Waals surface area contributed by atoms with E-state index in [0.29, 0.717) is 41.8 Å². The number of amides is 1. The SMILES string of the molecule is COCCN1Cc2nc(C)c(C[NH3+])c(-c3ccc(Cl)cc3Cl)c2C1=O. The molecule has 2 heterocycles. The maximum atomic E-state index is 13.0. The van der Waals surface area contributed by atoms with E-state index < -0.39 is 0 Å². The van der Waals surface area contributed by atoms with Crippen LogP contribution in [-0.4, -0.2) is 36.1 Å². The number of aromatic nitrogens is 1. The first kappa shape index (κ1) is 18.1. The number of fused-ring (bicyclic) bond motifs is 1. The fourth-order valence-corrected chi connectivity index (χ4v) is 3.74. The van der Waals surface area contributed by atoms with E-state index in [2.05, 4.69) is 10.7 Å². The predicted molar refractivity (Wildman–Crippen MR) is 97.6 cm³/mol. The number of pyridine rings is 1. The molecular formula is C18H20Cl2N3O2+. The molecule has 0 spiro atoms. The number of rotatable bonds is 5. The molecule has 0 radical (unpaired) electrons. The molecule has 0 atom stereocenters. The van der Waals surface area contributed by atoms with Crippen LogP contribution in [-0.2, 0) is 17.8 Å². The minimum Gasteiger partial charge on any atom is -0.383 e. The number of methoxy groups -OCH3 is 1. The zero-order valence-electron chi connectivity index (χ0n) is 14.2. The van der Waals surface area contributed by atoms with Crippen molar-refractivity contribution in [3.05, 3.63) is 50.8 Å². The van der Waals surface area contributed by atoms with Gasteiger partial charge in [0, 0.05) is 46.1 Å². The van der Waals surface area contributed by atoms with E-state index in [-0.39, 0.29) is 5.91 Å². The van der Waals surface area contributed by atoms with Crippen LogP contribution in [0.15, 0.2) is 18.2 Å². The molecule has 7 heteroatoms. The topological polar surface area (TPSA) is 70.1 Å². The van der Waals surface area contributed by atoms with E-state index >= 15 is 0 Å². The molecule has 0 bridgehead atoms. The number of carbonyl (C=O) groups excluding carboxylic acids is 1. The van der Waals surface area contributed by atoms with E-state index in [1.807, 2.05) is 13.0 Å². The largest absolute Gasteiger partial charge is 0.383 e. The molecule has 0 saturated carbocycles. The number of quaternary nitrogens is 1. The summed E-state index contributed by atoms with van der Waals surface area (Å²) in [5.74, 6) is -0.0460. The molecule has 132 valence electrons. The van der Waals surface area contributed by atoms with Gasteiger partial charge in [-0.1, -0.05) is 29.3 Å². The Hall–Kier alpha value is -1.66. The van der Waals surface area contributed by atoms with Crippen LogP contribution in [0.4, 0.5) is 0 Å². The van der Waals surface area contributed by atoms with Gasteiger partial charge in [-0.2, -0.15) is 0 Å². The maximum Gasteiger partial charge on any atom is 0.256 e. The normalized spacial score (nSPS) is 13.5.